The lowest BCUT2D eigenvalue weighted by Crippen LogP contribution is -2.11. The summed E-state index contributed by atoms with van der Waals surface area (Å²) in [7, 11) is 0. The molecular weight excluding hydrogens is 294 g/mol. The van der Waals surface area contributed by atoms with E-state index in [0.717, 1.165) is 22.5 Å². The normalized spacial score (nSPS) is 12.4. The Labute approximate surface area is 115 Å². The summed E-state index contributed by atoms with van der Waals surface area (Å²) in [6.45, 7) is 3.06. The summed E-state index contributed by atoms with van der Waals surface area (Å²) in [6.07, 6.45) is 1.50. The van der Waals surface area contributed by atoms with Crippen molar-refractivity contribution in [2.45, 2.75) is 19.6 Å². The van der Waals surface area contributed by atoms with E-state index in [0.29, 0.717) is 6.61 Å². The molecule has 0 radical (unpaired) electrons. The zero-order valence-electron chi connectivity index (χ0n) is 10.2. The quantitative estimate of drug-likeness (QED) is 0.918. The number of ether oxygens (including phenoxy) is 1. The molecule has 0 fully saturated rings. The van der Waals surface area contributed by atoms with Gasteiger partial charge in [0.25, 0.3) is 0 Å². The van der Waals surface area contributed by atoms with Crippen molar-refractivity contribution in [2.75, 3.05) is 6.61 Å². The fraction of sp³-hybridized carbons (Fsp3) is 0.286. The lowest BCUT2D eigenvalue weighted by Gasteiger charge is -2.12. The van der Waals surface area contributed by atoms with E-state index in [2.05, 4.69) is 15.9 Å². The fourth-order valence-electron chi connectivity index (χ4n) is 1.83. The van der Waals surface area contributed by atoms with Gasteiger partial charge in [0, 0.05) is 16.4 Å². The number of hydrogen-bond acceptors (Lipinski definition) is 2. The third-order valence-electron chi connectivity index (χ3n) is 2.69. The first-order valence-electron chi connectivity index (χ1n) is 5.88. The largest absolute Gasteiger partial charge is 0.492 e. The third kappa shape index (κ3) is 3.37. The lowest BCUT2D eigenvalue weighted by molar-refractivity contribution is 0.186. The molecule has 0 amide bonds. The first-order chi connectivity index (χ1) is 8.66. The highest BCUT2D eigenvalue weighted by molar-refractivity contribution is 9.10. The maximum Gasteiger partial charge on any atom is 0.120 e. The van der Waals surface area contributed by atoms with Crippen LogP contribution >= 0.6 is 15.9 Å². The summed E-state index contributed by atoms with van der Waals surface area (Å²) in [5, 5.41) is 9.58. The Morgan fingerprint density at radius 3 is 2.89 bits per heavy atom. The second-order valence-corrected chi connectivity index (χ2v) is 5.02. The van der Waals surface area contributed by atoms with E-state index >= 15 is 0 Å². The second-order valence-electron chi connectivity index (χ2n) is 4.11. The molecule has 1 heterocycles. The average Bonchev–Trinajstić information content (AvgIpc) is 2.77. The molecule has 0 spiro atoms. The number of aromatic nitrogens is 1. The minimum atomic E-state index is -0.453. The van der Waals surface area contributed by atoms with Gasteiger partial charge >= 0.3 is 0 Å². The molecule has 1 unspecified atom stereocenters. The van der Waals surface area contributed by atoms with Crippen LogP contribution in [0.4, 0.5) is 0 Å². The molecule has 0 aliphatic heterocycles. The Kier molecular flexibility index (Phi) is 4.44. The van der Waals surface area contributed by atoms with Gasteiger partial charge in [-0.1, -0.05) is 22.0 Å². The van der Waals surface area contributed by atoms with Crippen LogP contribution in [0, 0.1) is 0 Å². The molecule has 0 bridgehead atoms. The van der Waals surface area contributed by atoms with Gasteiger partial charge in [-0.2, -0.15) is 0 Å². The van der Waals surface area contributed by atoms with E-state index < -0.39 is 6.10 Å². The van der Waals surface area contributed by atoms with Crippen LogP contribution in [0.15, 0.2) is 47.1 Å². The van der Waals surface area contributed by atoms with Crippen LogP contribution in [-0.4, -0.2) is 16.3 Å². The number of nitrogens with zero attached hydrogens (tertiary/aromatic N) is 1. The SMILES string of the molecule is CC(O)c1cccn1CCOc1cccc(Br)c1. The maximum atomic E-state index is 9.58. The predicted molar refractivity (Wildman–Crippen MR) is 74.7 cm³/mol. The molecule has 2 aromatic rings. The highest BCUT2D eigenvalue weighted by Gasteiger charge is 2.06. The number of aliphatic hydroxyl groups is 1. The van der Waals surface area contributed by atoms with Gasteiger partial charge in [-0.15, -0.1) is 0 Å². The molecule has 1 aromatic heterocycles. The summed E-state index contributed by atoms with van der Waals surface area (Å²) in [6, 6.07) is 11.6. The third-order valence-corrected chi connectivity index (χ3v) is 3.18. The standard InChI is InChI=1S/C14H16BrNO2/c1-11(17)14-6-3-7-16(14)8-9-18-13-5-2-4-12(15)10-13/h2-7,10-11,17H,8-9H2,1H3. The van der Waals surface area contributed by atoms with Crippen LogP contribution in [0.1, 0.15) is 18.7 Å². The molecule has 0 saturated carbocycles. The summed E-state index contributed by atoms with van der Waals surface area (Å²) < 4.78 is 8.67. The first kappa shape index (κ1) is 13.2. The van der Waals surface area contributed by atoms with Gasteiger partial charge in [0.15, 0.2) is 0 Å². The van der Waals surface area contributed by atoms with E-state index in [1.54, 1.807) is 6.92 Å². The number of rotatable bonds is 5. The van der Waals surface area contributed by atoms with Gasteiger partial charge < -0.3 is 14.4 Å². The molecule has 1 aromatic carbocycles. The molecule has 0 aliphatic carbocycles. The average molecular weight is 310 g/mol. The van der Waals surface area contributed by atoms with Gasteiger partial charge in [0.05, 0.1) is 12.6 Å². The highest BCUT2D eigenvalue weighted by atomic mass is 79.9. The van der Waals surface area contributed by atoms with Gasteiger partial charge in [-0.05, 0) is 37.3 Å². The molecule has 1 atom stereocenters. The summed E-state index contributed by atoms with van der Waals surface area (Å²) in [4.78, 5) is 0. The van der Waals surface area contributed by atoms with Crippen LogP contribution in [0.25, 0.3) is 0 Å². The molecule has 0 saturated heterocycles. The molecule has 0 aliphatic rings. The number of hydrogen-bond donors (Lipinski definition) is 1. The highest BCUT2D eigenvalue weighted by Crippen LogP contribution is 2.18. The molecule has 4 heteroatoms. The van der Waals surface area contributed by atoms with E-state index in [9.17, 15) is 5.11 Å². The van der Waals surface area contributed by atoms with E-state index in [4.69, 9.17) is 4.74 Å². The number of aliphatic hydroxyl groups excluding tert-OH is 1. The molecule has 1 N–H and O–H groups in total. The number of halogens is 1. The van der Waals surface area contributed by atoms with Crippen LogP contribution in [0.2, 0.25) is 0 Å². The molecule has 2 rings (SSSR count). The van der Waals surface area contributed by atoms with Gasteiger partial charge in [-0.25, -0.2) is 0 Å². The van der Waals surface area contributed by atoms with Crippen LogP contribution in [0.5, 0.6) is 5.75 Å². The molecular formula is C14H16BrNO2. The molecule has 3 nitrogen and oxygen atoms in total. The second kappa shape index (κ2) is 6.07. The van der Waals surface area contributed by atoms with Gasteiger partial charge in [0.2, 0.25) is 0 Å². The zero-order chi connectivity index (χ0) is 13.0. The fourth-order valence-corrected chi connectivity index (χ4v) is 2.21. The van der Waals surface area contributed by atoms with Crippen molar-refractivity contribution in [3.63, 3.8) is 0 Å². The van der Waals surface area contributed by atoms with Crippen molar-refractivity contribution in [1.82, 2.24) is 4.57 Å². The number of benzene rings is 1. The van der Waals surface area contributed by atoms with E-state index in [-0.39, 0.29) is 0 Å². The Balaban J connectivity index is 1.90. The topological polar surface area (TPSA) is 34.4 Å². The minimum absolute atomic E-state index is 0.453. The minimum Gasteiger partial charge on any atom is -0.492 e. The summed E-state index contributed by atoms with van der Waals surface area (Å²) in [5.74, 6) is 0.843. The maximum absolute atomic E-state index is 9.58. The van der Waals surface area contributed by atoms with Gasteiger partial charge in [-0.3, -0.25) is 0 Å². The van der Waals surface area contributed by atoms with Crippen molar-refractivity contribution in [2.24, 2.45) is 0 Å². The van der Waals surface area contributed by atoms with Crippen molar-refractivity contribution in [3.8, 4) is 5.75 Å². The summed E-state index contributed by atoms with van der Waals surface area (Å²) >= 11 is 3.41. The van der Waals surface area contributed by atoms with E-state index in [1.807, 2.05) is 47.2 Å². The van der Waals surface area contributed by atoms with E-state index in [1.165, 1.54) is 0 Å². The van der Waals surface area contributed by atoms with Crippen LogP contribution in [-0.2, 0) is 6.54 Å². The lowest BCUT2D eigenvalue weighted by atomic mass is 10.3. The van der Waals surface area contributed by atoms with Crippen molar-refractivity contribution >= 4 is 15.9 Å². The Hall–Kier alpha value is -1.26. The zero-order valence-corrected chi connectivity index (χ0v) is 11.8. The Bertz CT molecular complexity index is 508. The van der Waals surface area contributed by atoms with Crippen LogP contribution < -0.4 is 4.74 Å². The monoisotopic (exact) mass is 309 g/mol. The summed E-state index contributed by atoms with van der Waals surface area (Å²) in [5.41, 5.74) is 0.910. The van der Waals surface area contributed by atoms with Crippen molar-refractivity contribution in [3.05, 3.63) is 52.8 Å². The Morgan fingerprint density at radius 2 is 2.17 bits per heavy atom. The van der Waals surface area contributed by atoms with Crippen molar-refractivity contribution < 1.29 is 9.84 Å². The Morgan fingerprint density at radius 1 is 1.33 bits per heavy atom. The predicted octanol–water partition coefficient (Wildman–Crippen LogP) is 3.38. The molecule has 18 heavy (non-hydrogen) atoms. The van der Waals surface area contributed by atoms with Crippen molar-refractivity contribution in [1.29, 1.82) is 0 Å². The van der Waals surface area contributed by atoms with Gasteiger partial charge in [0.1, 0.15) is 12.4 Å². The first-order valence-corrected chi connectivity index (χ1v) is 6.67. The smallest absolute Gasteiger partial charge is 0.120 e. The molecule has 96 valence electrons. The van der Waals surface area contributed by atoms with Crippen LogP contribution in [0.3, 0.4) is 0 Å².